The van der Waals surface area contributed by atoms with Gasteiger partial charge in [-0.15, -0.1) is 5.10 Å². The molecular weight excluding hydrogens is 384 g/mol. The number of hydrogen-bond acceptors (Lipinski definition) is 7. The minimum Gasteiger partial charge on any atom is -0.442 e. The number of aryl methyl sites for hydroxylation is 1. The lowest BCUT2D eigenvalue weighted by molar-refractivity contribution is 0.128. The second-order valence-corrected chi connectivity index (χ2v) is 6.55. The van der Waals surface area contributed by atoms with Gasteiger partial charge in [0.05, 0.1) is 25.0 Å². The maximum Gasteiger partial charge on any atom is 0.407 e. The monoisotopic (exact) mass is 401 g/mol. The van der Waals surface area contributed by atoms with E-state index in [2.05, 4.69) is 30.9 Å². The first-order valence-corrected chi connectivity index (χ1v) is 8.81. The summed E-state index contributed by atoms with van der Waals surface area (Å²) >= 11 is 0. The first-order chi connectivity index (χ1) is 14.0. The van der Waals surface area contributed by atoms with Crippen LogP contribution in [0, 0.1) is 6.92 Å². The summed E-state index contributed by atoms with van der Waals surface area (Å²) in [7, 11) is 0. The molecule has 1 fully saturated rings. The minimum atomic E-state index is -2.58. The average molecular weight is 401 g/mol. The molecule has 150 valence electrons. The quantitative estimate of drug-likeness (QED) is 0.654. The van der Waals surface area contributed by atoms with Crippen LogP contribution in [0.2, 0.25) is 0 Å². The number of anilines is 2. The van der Waals surface area contributed by atoms with Gasteiger partial charge in [-0.1, -0.05) is 5.21 Å². The van der Waals surface area contributed by atoms with Crippen LogP contribution in [-0.2, 0) is 11.3 Å². The van der Waals surface area contributed by atoms with Crippen molar-refractivity contribution >= 4 is 17.7 Å². The first-order valence-electron chi connectivity index (χ1n) is 8.81. The Morgan fingerprint density at radius 3 is 2.93 bits per heavy atom. The molecule has 3 aromatic heterocycles. The van der Waals surface area contributed by atoms with Crippen molar-refractivity contribution in [3.8, 4) is 11.4 Å². The van der Waals surface area contributed by atoms with E-state index in [0.717, 1.165) is 5.56 Å². The fourth-order valence-electron chi connectivity index (χ4n) is 2.89. The number of alkyl halides is 2. The third kappa shape index (κ3) is 4.45. The van der Waals surface area contributed by atoms with Gasteiger partial charge in [-0.2, -0.15) is 0 Å². The molecule has 0 bridgehead atoms. The van der Waals surface area contributed by atoms with Crippen molar-refractivity contribution in [2.24, 2.45) is 0 Å². The Balaban J connectivity index is 1.53. The SMILES string of the molecule is Cc1cc(Nc2cc(C(F)F)ccn2)nc(-c2cn(C[C@@H]3CNC(=O)O3)nn2)c1. The molecule has 0 spiro atoms. The number of ether oxygens (including phenoxy) is 1. The highest BCUT2D eigenvalue weighted by atomic mass is 19.3. The molecule has 3 aromatic rings. The molecule has 9 nitrogen and oxygen atoms in total. The largest absolute Gasteiger partial charge is 0.442 e. The molecule has 29 heavy (non-hydrogen) atoms. The maximum atomic E-state index is 12.9. The Bertz CT molecular complexity index is 1040. The van der Waals surface area contributed by atoms with Crippen molar-refractivity contribution in [1.82, 2.24) is 30.3 Å². The second-order valence-electron chi connectivity index (χ2n) is 6.55. The van der Waals surface area contributed by atoms with Crippen molar-refractivity contribution in [2.75, 3.05) is 11.9 Å². The standard InChI is InChI=1S/C18H17F2N7O2/c1-10-4-13(14-9-27(26-25-14)8-12-7-22-18(28)29-12)23-16(5-10)24-15-6-11(17(19)20)2-3-21-15/h2-6,9,12,17H,7-8H2,1H3,(H,22,28)(H,21,23,24)/t12-/m0/s1. The van der Waals surface area contributed by atoms with Gasteiger partial charge in [0.15, 0.2) is 0 Å². The lowest BCUT2D eigenvalue weighted by atomic mass is 10.2. The molecule has 1 saturated heterocycles. The Morgan fingerprint density at radius 1 is 1.31 bits per heavy atom. The third-order valence-electron chi connectivity index (χ3n) is 4.20. The summed E-state index contributed by atoms with van der Waals surface area (Å²) in [5.74, 6) is 0.716. The number of carbonyl (C=O) groups excluding carboxylic acids is 1. The number of nitrogens with zero attached hydrogens (tertiary/aromatic N) is 5. The van der Waals surface area contributed by atoms with E-state index in [4.69, 9.17) is 4.74 Å². The summed E-state index contributed by atoms with van der Waals surface area (Å²) in [6, 6.07) is 6.15. The molecule has 1 aliphatic heterocycles. The zero-order valence-electron chi connectivity index (χ0n) is 15.3. The number of hydrogen-bond donors (Lipinski definition) is 2. The van der Waals surface area contributed by atoms with E-state index in [-0.39, 0.29) is 17.5 Å². The van der Waals surface area contributed by atoms with Crippen LogP contribution in [0.4, 0.5) is 25.2 Å². The summed E-state index contributed by atoms with van der Waals surface area (Å²) < 4.78 is 32.4. The topological polar surface area (TPSA) is 107 Å². The fourth-order valence-corrected chi connectivity index (χ4v) is 2.89. The molecule has 0 saturated carbocycles. The first kappa shape index (κ1) is 18.7. The Kier molecular flexibility index (Phi) is 5.02. The molecular formula is C18H17F2N7O2. The molecule has 0 aliphatic carbocycles. The van der Waals surface area contributed by atoms with E-state index < -0.39 is 12.5 Å². The number of pyridine rings is 2. The van der Waals surface area contributed by atoms with Gasteiger partial charge >= 0.3 is 6.09 Å². The molecule has 0 radical (unpaired) electrons. The molecule has 11 heteroatoms. The number of amides is 1. The number of halogens is 2. The van der Waals surface area contributed by atoms with Crippen molar-refractivity contribution in [2.45, 2.75) is 26.0 Å². The third-order valence-corrected chi connectivity index (χ3v) is 4.20. The summed E-state index contributed by atoms with van der Waals surface area (Å²) in [6.45, 7) is 2.66. The van der Waals surface area contributed by atoms with Crippen molar-refractivity contribution in [3.05, 3.63) is 47.8 Å². The zero-order valence-corrected chi connectivity index (χ0v) is 15.3. The lowest BCUT2D eigenvalue weighted by Gasteiger charge is -2.09. The summed E-state index contributed by atoms with van der Waals surface area (Å²) in [4.78, 5) is 19.6. The van der Waals surface area contributed by atoms with Gasteiger partial charge in [0.1, 0.15) is 23.4 Å². The summed E-state index contributed by atoms with van der Waals surface area (Å²) in [6.07, 6.45) is -0.322. The highest BCUT2D eigenvalue weighted by molar-refractivity contribution is 5.69. The molecule has 1 amide bonds. The normalized spacial score (nSPS) is 16.0. The Hall–Kier alpha value is -3.63. The Labute approximate surface area is 164 Å². The minimum absolute atomic E-state index is 0.125. The smallest absolute Gasteiger partial charge is 0.407 e. The van der Waals surface area contributed by atoms with Crippen molar-refractivity contribution < 1.29 is 18.3 Å². The molecule has 2 N–H and O–H groups in total. The number of cyclic esters (lactones) is 1. The van der Waals surface area contributed by atoms with Crippen LogP contribution < -0.4 is 10.6 Å². The molecule has 1 aliphatic rings. The predicted molar refractivity (Wildman–Crippen MR) is 98.7 cm³/mol. The molecule has 1 atom stereocenters. The lowest BCUT2D eigenvalue weighted by Crippen LogP contribution is -2.20. The highest BCUT2D eigenvalue weighted by Crippen LogP contribution is 2.24. The molecule has 0 unspecified atom stereocenters. The van der Waals surface area contributed by atoms with Crippen molar-refractivity contribution in [1.29, 1.82) is 0 Å². The van der Waals surface area contributed by atoms with Crippen LogP contribution >= 0.6 is 0 Å². The van der Waals surface area contributed by atoms with Gasteiger partial charge in [0, 0.05) is 11.8 Å². The summed E-state index contributed by atoms with van der Waals surface area (Å²) in [5, 5.41) is 13.7. The number of alkyl carbamates (subject to hydrolysis) is 1. The van der Waals surface area contributed by atoms with Crippen LogP contribution in [0.25, 0.3) is 11.4 Å². The number of aromatic nitrogens is 5. The van der Waals surface area contributed by atoms with E-state index >= 15 is 0 Å². The van der Waals surface area contributed by atoms with Gasteiger partial charge in [-0.3, -0.25) is 0 Å². The van der Waals surface area contributed by atoms with E-state index in [1.165, 1.54) is 18.3 Å². The average Bonchev–Trinajstić information content (AvgIpc) is 3.31. The van der Waals surface area contributed by atoms with E-state index in [1.807, 2.05) is 13.0 Å². The number of rotatable bonds is 6. The van der Waals surface area contributed by atoms with E-state index in [9.17, 15) is 13.6 Å². The number of carbonyl (C=O) groups is 1. The molecule has 4 rings (SSSR count). The van der Waals surface area contributed by atoms with Crippen LogP contribution in [0.5, 0.6) is 0 Å². The van der Waals surface area contributed by atoms with E-state index in [1.54, 1.807) is 16.9 Å². The zero-order chi connectivity index (χ0) is 20.4. The van der Waals surface area contributed by atoms with Crippen LogP contribution in [0.1, 0.15) is 17.6 Å². The van der Waals surface area contributed by atoms with Gasteiger partial charge < -0.3 is 15.4 Å². The van der Waals surface area contributed by atoms with E-state index in [0.29, 0.717) is 30.3 Å². The summed E-state index contributed by atoms with van der Waals surface area (Å²) in [5.41, 5.74) is 1.86. The predicted octanol–water partition coefficient (Wildman–Crippen LogP) is 2.83. The fraction of sp³-hybridized carbons (Fsp3) is 0.278. The Morgan fingerprint density at radius 2 is 2.17 bits per heavy atom. The maximum absolute atomic E-state index is 12.9. The van der Waals surface area contributed by atoms with Gasteiger partial charge in [-0.05, 0) is 36.8 Å². The van der Waals surface area contributed by atoms with Gasteiger partial charge in [0.2, 0.25) is 0 Å². The van der Waals surface area contributed by atoms with Crippen LogP contribution in [-0.4, -0.2) is 43.7 Å². The van der Waals surface area contributed by atoms with Crippen LogP contribution in [0.3, 0.4) is 0 Å². The van der Waals surface area contributed by atoms with Gasteiger partial charge in [-0.25, -0.2) is 28.2 Å². The second kappa shape index (κ2) is 7.78. The number of nitrogens with one attached hydrogen (secondary N) is 2. The van der Waals surface area contributed by atoms with Gasteiger partial charge in [0.25, 0.3) is 6.43 Å². The molecule has 4 heterocycles. The van der Waals surface area contributed by atoms with Crippen LogP contribution in [0.15, 0.2) is 36.7 Å². The molecule has 0 aromatic carbocycles. The highest BCUT2D eigenvalue weighted by Gasteiger charge is 2.23. The van der Waals surface area contributed by atoms with Crippen molar-refractivity contribution in [3.63, 3.8) is 0 Å².